The lowest BCUT2D eigenvalue weighted by molar-refractivity contribution is 0.102. The molecule has 0 aliphatic carbocycles. The quantitative estimate of drug-likeness (QED) is 0.530. The van der Waals surface area contributed by atoms with Gasteiger partial charge in [0.2, 0.25) is 0 Å². The Morgan fingerprint density at radius 3 is 2.48 bits per heavy atom. The van der Waals surface area contributed by atoms with Crippen molar-refractivity contribution < 1.29 is 4.79 Å². The minimum Gasteiger partial charge on any atom is -0.305 e. The number of Topliss-reactive ketones (excluding diaryl/α,β-unsaturated/α-hetero) is 1. The highest BCUT2D eigenvalue weighted by Crippen LogP contribution is 2.25. The van der Waals surface area contributed by atoms with E-state index in [2.05, 4.69) is 23.2 Å². The molecule has 4 nitrogen and oxygen atoms in total. The first kappa shape index (κ1) is 15.5. The zero-order valence-electron chi connectivity index (χ0n) is 13.1. The van der Waals surface area contributed by atoms with Crippen molar-refractivity contribution in [3.63, 3.8) is 0 Å². The van der Waals surface area contributed by atoms with Gasteiger partial charge in [0.25, 0.3) is 0 Å². The van der Waals surface area contributed by atoms with Crippen LogP contribution in [0.4, 0.5) is 0 Å². The van der Waals surface area contributed by atoms with Crippen LogP contribution < -0.4 is 0 Å². The maximum atomic E-state index is 12.2. The van der Waals surface area contributed by atoms with E-state index >= 15 is 0 Å². The predicted molar refractivity (Wildman–Crippen MR) is 92.7 cm³/mol. The van der Waals surface area contributed by atoms with Gasteiger partial charge >= 0.3 is 0 Å². The Hall–Kier alpha value is -2.40. The molecule has 3 aromatic rings. The Labute approximate surface area is 139 Å². The fourth-order valence-corrected chi connectivity index (χ4v) is 3.14. The normalized spacial score (nSPS) is 10.7. The summed E-state index contributed by atoms with van der Waals surface area (Å²) in [5, 5.41) is 9.24. The van der Waals surface area contributed by atoms with Crippen LogP contribution in [0.5, 0.6) is 0 Å². The standard InChI is InChI=1S/C18H17N3OS/c1-13-8-6-7-11-15(13)17-19-20-18(21(17)2)23-12-16(22)14-9-4-3-5-10-14/h3-11H,12H2,1-2H3. The van der Waals surface area contributed by atoms with E-state index < -0.39 is 0 Å². The van der Waals surface area contributed by atoms with Crippen LogP contribution in [0, 0.1) is 6.92 Å². The molecule has 0 aliphatic heterocycles. The van der Waals surface area contributed by atoms with Gasteiger partial charge in [-0.15, -0.1) is 10.2 Å². The molecule has 0 radical (unpaired) electrons. The number of carbonyl (C=O) groups excluding carboxylic acids is 1. The maximum absolute atomic E-state index is 12.2. The van der Waals surface area contributed by atoms with Crippen LogP contribution in [0.15, 0.2) is 59.8 Å². The molecule has 0 aliphatic rings. The van der Waals surface area contributed by atoms with Crippen LogP contribution in [-0.2, 0) is 7.05 Å². The van der Waals surface area contributed by atoms with Crippen molar-refractivity contribution in [2.24, 2.45) is 7.05 Å². The number of rotatable bonds is 5. The third-order valence-corrected chi connectivity index (χ3v) is 4.67. The van der Waals surface area contributed by atoms with Crippen LogP contribution in [0.2, 0.25) is 0 Å². The smallest absolute Gasteiger partial charge is 0.191 e. The molecule has 0 saturated heterocycles. The summed E-state index contributed by atoms with van der Waals surface area (Å²) in [7, 11) is 1.93. The molecule has 1 heterocycles. The molecule has 0 bridgehead atoms. The Morgan fingerprint density at radius 2 is 1.74 bits per heavy atom. The molecular weight excluding hydrogens is 306 g/mol. The van der Waals surface area contributed by atoms with Gasteiger partial charge in [-0.2, -0.15) is 0 Å². The summed E-state index contributed by atoms with van der Waals surface area (Å²) in [6.45, 7) is 2.05. The lowest BCUT2D eigenvalue weighted by Crippen LogP contribution is -2.03. The zero-order valence-corrected chi connectivity index (χ0v) is 13.9. The van der Waals surface area contributed by atoms with Crippen LogP contribution in [0.3, 0.4) is 0 Å². The van der Waals surface area contributed by atoms with Gasteiger partial charge in [-0.05, 0) is 12.5 Å². The highest BCUT2D eigenvalue weighted by molar-refractivity contribution is 7.99. The van der Waals surface area contributed by atoms with Crippen LogP contribution in [-0.4, -0.2) is 26.3 Å². The van der Waals surface area contributed by atoms with Crippen molar-refractivity contribution >= 4 is 17.5 Å². The minimum absolute atomic E-state index is 0.0936. The molecule has 2 aromatic carbocycles. The molecule has 116 valence electrons. The second-order valence-corrected chi connectivity index (χ2v) is 6.20. The number of aryl methyl sites for hydroxylation is 1. The molecule has 0 saturated carbocycles. The number of nitrogens with zero attached hydrogens (tertiary/aromatic N) is 3. The summed E-state index contributed by atoms with van der Waals surface area (Å²) in [5.41, 5.74) is 2.94. The predicted octanol–water partition coefficient (Wildman–Crippen LogP) is 3.77. The maximum Gasteiger partial charge on any atom is 0.191 e. The first-order chi connectivity index (χ1) is 11.2. The molecule has 0 unspecified atom stereocenters. The average Bonchev–Trinajstić information content (AvgIpc) is 2.94. The fourth-order valence-electron chi connectivity index (χ4n) is 2.34. The second-order valence-electron chi connectivity index (χ2n) is 5.26. The number of aromatic nitrogens is 3. The molecule has 0 N–H and O–H groups in total. The molecule has 0 amide bonds. The Morgan fingerprint density at radius 1 is 1.04 bits per heavy atom. The van der Waals surface area contributed by atoms with Gasteiger partial charge in [0.1, 0.15) is 0 Å². The number of hydrogen-bond acceptors (Lipinski definition) is 4. The highest BCUT2D eigenvalue weighted by Gasteiger charge is 2.14. The van der Waals surface area contributed by atoms with Gasteiger partial charge < -0.3 is 4.57 Å². The first-order valence-electron chi connectivity index (χ1n) is 7.33. The summed E-state index contributed by atoms with van der Waals surface area (Å²) in [6.07, 6.45) is 0. The number of ketones is 1. The molecule has 5 heteroatoms. The van der Waals surface area contributed by atoms with E-state index in [0.29, 0.717) is 5.75 Å². The van der Waals surface area contributed by atoms with Crippen LogP contribution in [0.25, 0.3) is 11.4 Å². The van der Waals surface area contributed by atoms with Crippen molar-refractivity contribution in [2.75, 3.05) is 5.75 Å². The van der Waals surface area contributed by atoms with Gasteiger partial charge in [-0.3, -0.25) is 4.79 Å². The molecule has 0 atom stereocenters. The SMILES string of the molecule is Cc1ccccc1-c1nnc(SCC(=O)c2ccccc2)n1C. The molecule has 0 fully saturated rings. The van der Waals surface area contributed by atoms with E-state index in [0.717, 1.165) is 27.7 Å². The molecule has 3 rings (SSSR count). The van der Waals surface area contributed by atoms with Gasteiger partial charge in [-0.25, -0.2) is 0 Å². The van der Waals surface area contributed by atoms with Crippen molar-refractivity contribution in [3.8, 4) is 11.4 Å². The summed E-state index contributed by atoms with van der Waals surface area (Å²) in [5.74, 6) is 1.26. The van der Waals surface area contributed by atoms with E-state index in [9.17, 15) is 4.79 Å². The lowest BCUT2D eigenvalue weighted by atomic mass is 10.1. The summed E-state index contributed by atoms with van der Waals surface area (Å²) >= 11 is 1.41. The molecule has 23 heavy (non-hydrogen) atoms. The molecular formula is C18H17N3OS. The average molecular weight is 323 g/mol. The van der Waals surface area contributed by atoms with Crippen molar-refractivity contribution in [1.82, 2.24) is 14.8 Å². The van der Waals surface area contributed by atoms with E-state index in [1.807, 2.05) is 60.1 Å². The van der Waals surface area contributed by atoms with Gasteiger partial charge in [0, 0.05) is 18.2 Å². The van der Waals surface area contributed by atoms with Crippen molar-refractivity contribution in [1.29, 1.82) is 0 Å². The first-order valence-corrected chi connectivity index (χ1v) is 8.32. The van der Waals surface area contributed by atoms with Crippen molar-refractivity contribution in [2.45, 2.75) is 12.1 Å². The molecule has 0 spiro atoms. The zero-order chi connectivity index (χ0) is 16.2. The van der Waals surface area contributed by atoms with E-state index in [1.54, 1.807) is 0 Å². The van der Waals surface area contributed by atoms with E-state index in [-0.39, 0.29) is 5.78 Å². The Kier molecular flexibility index (Phi) is 4.57. The number of hydrogen-bond donors (Lipinski definition) is 0. The topological polar surface area (TPSA) is 47.8 Å². The number of carbonyl (C=O) groups is 1. The van der Waals surface area contributed by atoms with Crippen molar-refractivity contribution in [3.05, 3.63) is 65.7 Å². The van der Waals surface area contributed by atoms with Crippen LogP contribution >= 0.6 is 11.8 Å². The Balaban J connectivity index is 1.76. The summed E-state index contributed by atoms with van der Waals surface area (Å²) in [4.78, 5) is 12.2. The summed E-state index contributed by atoms with van der Waals surface area (Å²) < 4.78 is 1.94. The Bertz CT molecular complexity index is 827. The highest BCUT2D eigenvalue weighted by atomic mass is 32.2. The minimum atomic E-state index is 0.0936. The largest absolute Gasteiger partial charge is 0.305 e. The third-order valence-electron chi connectivity index (χ3n) is 3.65. The lowest BCUT2D eigenvalue weighted by Gasteiger charge is -2.06. The molecule has 1 aromatic heterocycles. The van der Waals surface area contributed by atoms with Gasteiger partial charge in [0.05, 0.1) is 5.75 Å². The van der Waals surface area contributed by atoms with E-state index in [4.69, 9.17) is 0 Å². The van der Waals surface area contributed by atoms with E-state index in [1.165, 1.54) is 11.8 Å². The fraction of sp³-hybridized carbons (Fsp3) is 0.167. The van der Waals surface area contributed by atoms with Crippen LogP contribution in [0.1, 0.15) is 15.9 Å². The van der Waals surface area contributed by atoms with Gasteiger partial charge in [-0.1, -0.05) is 66.4 Å². The summed E-state index contributed by atoms with van der Waals surface area (Å²) in [6, 6.07) is 17.4. The number of thioether (sulfide) groups is 1. The van der Waals surface area contributed by atoms with Gasteiger partial charge in [0.15, 0.2) is 16.8 Å². The second kappa shape index (κ2) is 6.79. The third kappa shape index (κ3) is 3.35. The number of benzene rings is 2. The monoisotopic (exact) mass is 323 g/mol.